The van der Waals surface area contributed by atoms with Crippen molar-refractivity contribution in [3.05, 3.63) is 18.0 Å². The molecule has 0 amide bonds. The molecule has 6 heteroatoms. The van der Waals surface area contributed by atoms with E-state index in [-0.39, 0.29) is 12.6 Å². The fraction of sp³-hybridized carbons (Fsp3) is 0.733. The van der Waals surface area contributed by atoms with Crippen molar-refractivity contribution < 1.29 is 13.5 Å². The van der Waals surface area contributed by atoms with Crippen molar-refractivity contribution in [3.8, 4) is 0 Å². The molecule has 3 aliphatic rings. The van der Waals surface area contributed by atoms with Crippen molar-refractivity contribution in [2.24, 2.45) is 5.92 Å². The molecule has 0 aliphatic heterocycles. The van der Waals surface area contributed by atoms with Gasteiger partial charge in [0.2, 0.25) is 10.0 Å². The van der Waals surface area contributed by atoms with Gasteiger partial charge in [0.15, 0.2) is 0 Å². The maximum Gasteiger partial charge on any atom is 0.244 e. The number of sulfonamides is 1. The lowest BCUT2D eigenvalue weighted by molar-refractivity contribution is 0.270. The van der Waals surface area contributed by atoms with Crippen LogP contribution in [0, 0.1) is 5.92 Å². The fourth-order valence-corrected chi connectivity index (χ4v) is 4.77. The van der Waals surface area contributed by atoms with Crippen molar-refractivity contribution in [2.45, 2.75) is 62.1 Å². The van der Waals surface area contributed by atoms with E-state index in [0.29, 0.717) is 23.4 Å². The molecule has 21 heavy (non-hydrogen) atoms. The van der Waals surface area contributed by atoms with E-state index in [2.05, 4.69) is 0 Å². The average Bonchev–Trinajstić information content (AvgIpc) is 3.31. The molecule has 0 unspecified atom stereocenters. The molecule has 1 heterocycles. The Labute approximate surface area is 125 Å². The first-order valence-corrected chi connectivity index (χ1v) is 9.37. The maximum atomic E-state index is 12.9. The highest BCUT2D eigenvalue weighted by Gasteiger charge is 2.42. The summed E-state index contributed by atoms with van der Waals surface area (Å²) >= 11 is 0. The van der Waals surface area contributed by atoms with E-state index in [1.54, 1.807) is 16.6 Å². The zero-order valence-corrected chi connectivity index (χ0v) is 12.9. The van der Waals surface area contributed by atoms with Gasteiger partial charge in [-0.2, -0.15) is 4.31 Å². The van der Waals surface area contributed by atoms with Gasteiger partial charge in [0, 0.05) is 30.5 Å². The molecule has 0 spiro atoms. The number of rotatable bonds is 7. The molecule has 3 saturated carbocycles. The molecular weight excluding hydrogens is 288 g/mol. The molecule has 4 rings (SSSR count). The van der Waals surface area contributed by atoms with Gasteiger partial charge in [-0.15, -0.1) is 0 Å². The summed E-state index contributed by atoms with van der Waals surface area (Å²) in [5.74, 6) is 0.559. The molecule has 1 N–H and O–H groups in total. The lowest BCUT2D eigenvalue weighted by Crippen LogP contribution is -2.34. The Morgan fingerprint density at radius 1 is 1.19 bits per heavy atom. The van der Waals surface area contributed by atoms with Crippen LogP contribution in [0.15, 0.2) is 17.2 Å². The van der Waals surface area contributed by atoms with Crippen molar-refractivity contribution in [2.75, 3.05) is 6.54 Å². The Balaban J connectivity index is 1.65. The number of nitrogens with zero attached hydrogens (tertiary/aromatic N) is 2. The van der Waals surface area contributed by atoms with E-state index in [4.69, 9.17) is 0 Å². The molecule has 3 aliphatic carbocycles. The van der Waals surface area contributed by atoms with Gasteiger partial charge in [0.25, 0.3) is 0 Å². The van der Waals surface area contributed by atoms with Gasteiger partial charge >= 0.3 is 0 Å². The van der Waals surface area contributed by atoms with E-state index in [1.807, 2.05) is 4.57 Å². The average molecular weight is 310 g/mol. The first-order valence-electron chi connectivity index (χ1n) is 7.93. The molecule has 0 radical (unpaired) electrons. The van der Waals surface area contributed by atoms with Gasteiger partial charge in [-0.3, -0.25) is 0 Å². The Morgan fingerprint density at radius 2 is 1.90 bits per heavy atom. The van der Waals surface area contributed by atoms with Crippen LogP contribution in [0.5, 0.6) is 0 Å². The van der Waals surface area contributed by atoms with Gasteiger partial charge in [-0.1, -0.05) is 0 Å². The van der Waals surface area contributed by atoms with Crippen molar-refractivity contribution in [1.82, 2.24) is 8.87 Å². The summed E-state index contributed by atoms with van der Waals surface area (Å²) in [5, 5.41) is 9.46. The highest BCUT2D eigenvalue weighted by Crippen LogP contribution is 2.40. The SMILES string of the molecule is O=S(=O)(c1cc(CO)n(C2CC2)c1)N(CC1CC1)C1CC1. The standard InChI is InChI=1S/C15H22N2O3S/c18-10-14-7-15(9-16(14)12-3-4-12)21(19,20)17(13-5-6-13)8-11-1-2-11/h7,9,11-13,18H,1-6,8,10H2. The summed E-state index contributed by atoms with van der Waals surface area (Å²) < 4.78 is 29.5. The van der Waals surface area contributed by atoms with E-state index in [1.165, 1.54) is 0 Å². The van der Waals surface area contributed by atoms with Crippen LogP contribution in [0.1, 0.15) is 50.3 Å². The first kappa shape index (κ1) is 13.8. The van der Waals surface area contributed by atoms with Gasteiger partial charge in [0.1, 0.15) is 4.90 Å². The van der Waals surface area contributed by atoms with Gasteiger partial charge < -0.3 is 9.67 Å². The van der Waals surface area contributed by atoms with Gasteiger partial charge in [-0.05, 0) is 50.5 Å². The molecule has 0 atom stereocenters. The highest BCUT2D eigenvalue weighted by atomic mass is 32.2. The number of hydrogen-bond acceptors (Lipinski definition) is 3. The topological polar surface area (TPSA) is 62.5 Å². The Morgan fingerprint density at radius 3 is 2.43 bits per heavy atom. The summed E-state index contributed by atoms with van der Waals surface area (Å²) in [7, 11) is -3.41. The van der Waals surface area contributed by atoms with Crippen molar-refractivity contribution >= 4 is 10.0 Å². The molecule has 116 valence electrons. The third-order valence-corrected chi connectivity index (χ3v) is 6.59. The van der Waals surface area contributed by atoms with Crippen LogP contribution in [0.3, 0.4) is 0 Å². The summed E-state index contributed by atoms with van der Waals surface area (Å²) in [6, 6.07) is 2.25. The van der Waals surface area contributed by atoms with E-state index < -0.39 is 10.0 Å². The quantitative estimate of drug-likeness (QED) is 0.836. The number of aliphatic hydroxyl groups is 1. The smallest absolute Gasteiger partial charge is 0.244 e. The monoisotopic (exact) mass is 310 g/mol. The van der Waals surface area contributed by atoms with Crippen LogP contribution in [0.4, 0.5) is 0 Å². The summed E-state index contributed by atoms with van der Waals surface area (Å²) in [4.78, 5) is 0.367. The third-order valence-electron chi connectivity index (χ3n) is 4.70. The summed E-state index contributed by atoms with van der Waals surface area (Å²) in [5.41, 5.74) is 0.721. The molecule has 5 nitrogen and oxygen atoms in total. The second-order valence-corrected chi connectivity index (χ2v) is 8.60. The lowest BCUT2D eigenvalue weighted by atomic mass is 10.4. The molecule has 0 bridgehead atoms. The molecule has 1 aromatic rings. The van der Waals surface area contributed by atoms with E-state index >= 15 is 0 Å². The Kier molecular flexibility index (Phi) is 3.17. The minimum Gasteiger partial charge on any atom is -0.390 e. The first-order chi connectivity index (χ1) is 10.1. The fourth-order valence-electron chi connectivity index (χ4n) is 2.95. The predicted octanol–water partition coefficient (Wildman–Crippen LogP) is 1.88. The summed E-state index contributed by atoms with van der Waals surface area (Å²) in [6.07, 6.45) is 8.18. The summed E-state index contributed by atoms with van der Waals surface area (Å²) in [6.45, 7) is 0.578. The molecule has 3 fully saturated rings. The van der Waals surface area contributed by atoms with Crippen LogP contribution in [-0.4, -0.2) is 35.0 Å². The largest absolute Gasteiger partial charge is 0.390 e. The van der Waals surface area contributed by atoms with Crippen molar-refractivity contribution in [1.29, 1.82) is 0 Å². The number of aromatic nitrogens is 1. The Bertz CT molecular complexity index is 640. The number of aliphatic hydroxyl groups excluding tert-OH is 1. The molecule has 1 aromatic heterocycles. The third kappa shape index (κ3) is 2.64. The zero-order valence-electron chi connectivity index (χ0n) is 12.1. The molecule has 0 saturated heterocycles. The normalized spacial score (nSPS) is 23.0. The van der Waals surface area contributed by atoms with Crippen LogP contribution in [0.25, 0.3) is 0 Å². The van der Waals surface area contributed by atoms with E-state index in [0.717, 1.165) is 44.2 Å². The minimum atomic E-state index is -3.41. The molecular formula is C15H22N2O3S. The molecule has 0 aromatic carbocycles. The van der Waals surface area contributed by atoms with Crippen LogP contribution in [-0.2, 0) is 16.6 Å². The van der Waals surface area contributed by atoms with Crippen LogP contribution >= 0.6 is 0 Å². The van der Waals surface area contributed by atoms with Gasteiger partial charge in [0.05, 0.1) is 6.61 Å². The Hall–Kier alpha value is -0.850. The van der Waals surface area contributed by atoms with Crippen LogP contribution < -0.4 is 0 Å². The highest BCUT2D eigenvalue weighted by molar-refractivity contribution is 7.89. The van der Waals surface area contributed by atoms with E-state index in [9.17, 15) is 13.5 Å². The minimum absolute atomic E-state index is 0.0991. The van der Waals surface area contributed by atoms with Crippen molar-refractivity contribution in [3.63, 3.8) is 0 Å². The zero-order chi connectivity index (χ0) is 14.6. The second kappa shape index (κ2) is 4.83. The second-order valence-electron chi connectivity index (χ2n) is 6.71. The van der Waals surface area contributed by atoms with Crippen LogP contribution in [0.2, 0.25) is 0 Å². The number of hydrogen-bond donors (Lipinski definition) is 1. The maximum absolute atomic E-state index is 12.9. The van der Waals surface area contributed by atoms with Gasteiger partial charge in [-0.25, -0.2) is 8.42 Å². The lowest BCUT2D eigenvalue weighted by Gasteiger charge is -2.21. The predicted molar refractivity (Wildman–Crippen MR) is 78.3 cm³/mol.